The fourth-order valence-electron chi connectivity index (χ4n) is 2.05. The number of carboxylic acid groups (broad SMARTS) is 1. The van der Waals surface area contributed by atoms with E-state index in [1.165, 1.54) is 0 Å². The molecule has 0 aliphatic carbocycles. The summed E-state index contributed by atoms with van der Waals surface area (Å²) in [4.78, 5) is 11.2. The van der Waals surface area contributed by atoms with Crippen molar-refractivity contribution in [1.29, 1.82) is 0 Å². The lowest BCUT2D eigenvalue weighted by Crippen LogP contribution is -2.39. The van der Waals surface area contributed by atoms with Crippen LogP contribution in [0.1, 0.15) is 19.4 Å². The van der Waals surface area contributed by atoms with Crippen LogP contribution in [0.25, 0.3) is 0 Å². The Bertz CT molecular complexity index is 451. The zero-order valence-electron chi connectivity index (χ0n) is 9.93. The zero-order valence-corrected chi connectivity index (χ0v) is 9.93. The van der Waals surface area contributed by atoms with Gasteiger partial charge >= 0.3 is 5.97 Å². The number of ether oxygens (including phenoxy) is 1. The van der Waals surface area contributed by atoms with Crippen molar-refractivity contribution in [3.05, 3.63) is 23.8 Å². The highest BCUT2D eigenvalue weighted by Crippen LogP contribution is 2.40. The number of aromatic hydroxyl groups is 1. The van der Waals surface area contributed by atoms with Gasteiger partial charge in [0.15, 0.2) is 11.5 Å². The smallest absolute Gasteiger partial charge is 0.309 e. The monoisotopic (exact) mass is 236 g/mol. The molecule has 0 saturated carbocycles. The summed E-state index contributed by atoms with van der Waals surface area (Å²) in [6.45, 7) is 3.73. The van der Waals surface area contributed by atoms with E-state index in [0.717, 1.165) is 5.56 Å². The third-order valence-corrected chi connectivity index (χ3v) is 3.54. The van der Waals surface area contributed by atoms with Crippen molar-refractivity contribution < 1.29 is 19.7 Å². The first-order valence-electron chi connectivity index (χ1n) is 5.60. The average molecular weight is 236 g/mol. The van der Waals surface area contributed by atoms with Crippen LogP contribution in [-0.4, -0.2) is 22.8 Å². The maximum atomic E-state index is 11.2. The van der Waals surface area contributed by atoms with E-state index < -0.39 is 11.4 Å². The van der Waals surface area contributed by atoms with E-state index in [1.54, 1.807) is 26.0 Å². The van der Waals surface area contributed by atoms with Crippen LogP contribution in [0.2, 0.25) is 0 Å². The molecule has 1 aromatic carbocycles. The first kappa shape index (κ1) is 11.8. The highest BCUT2D eigenvalue weighted by molar-refractivity contribution is 5.74. The van der Waals surface area contributed by atoms with Crippen LogP contribution in [0.3, 0.4) is 0 Å². The lowest BCUT2D eigenvalue weighted by atomic mass is 9.75. The second-order valence-corrected chi connectivity index (χ2v) is 5.00. The second kappa shape index (κ2) is 3.95. The first-order chi connectivity index (χ1) is 7.93. The number of fused-ring (bicyclic) bond motifs is 1. The topological polar surface area (TPSA) is 66.8 Å². The van der Waals surface area contributed by atoms with Crippen LogP contribution >= 0.6 is 0 Å². The molecular weight excluding hydrogens is 220 g/mol. The standard InChI is InChI=1S/C13H16O4/c1-13(2,12(15)16)9-6-8-4-3-5-10(14)11(8)17-7-9/h3-5,9,14H,6-7H2,1-2H3,(H,15,16). The molecule has 1 heterocycles. The maximum Gasteiger partial charge on any atom is 0.309 e. The number of carboxylic acids is 1. The molecule has 1 aliphatic heterocycles. The van der Waals surface area contributed by atoms with E-state index in [4.69, 9.17) is 4.74 Å². The molecule has 2 N–H and O–H groups in total. The maximum absolute atomic E-state index is 11.2. The Hall–Kier alpha value is -1.71. The number of phenolic OH excluding ortho intramolecular Hbond substituents is 1. The molecule has 1 unspecified atom stereocenters. The number of carbonyl (C=O) groups is 1. The van der Waals surface area contributed by atoms with Gasteiger partial charge in [0.05, 0.1) is 12.0 Å². The molecule has 4 nitrogen and oxygen atoms in total. The molecule has 17 heavy (non-hydrogen) atoms. The fourth-order valence-corrected chi connectivity index (χ4v) is 2.05. The van der Waals surface area contributed by atoms with E-state index in [2.05, 4.69) is 0 Å². The van der Waals surface area contributed by atoms with E-state index >= 15 is 0 Å². The molecule has 0 radical (unpaired) electrons. The third kappa shape index (κ3) is 1.95. The molecular formula is C13H16O4. The molecule has 92 valence electrons. The molecule has 0 aromatic heterocycles. The van der Waals surface area contributed by atoms with Crippen LogP contribution in [0.5, 0.6) is 11.5 Å². The van der Waals surface area contributed by atoms with Gasteiger partial charge < -0.3 is 14.9 Å². The van der Waals surface area contributed by atoms with Crippen molar-refractivity contribution in [2.45, 2.75) is 20.3 Å². The number of benzene rings is 1. The Morgan fingerprint density at radius 1 is 1.47 bits per heavy atom. The molecule has 4 heteroatoms. The van der Waals surface area contributed by atoms with Crippen LogP contribution in [0.4, 0.5) is 0 Å². The van der Waals surface area contributed by atoms with Crippen LogP contribution in [-0.2, 0) is 11.2 Å². The van der Waals surface area contributed by atoms with Gasteiger partial charge in [-0.15, -0.1) is 0 Å². The van der Waals surface area contributed by atoms with E-state index in [0.29, 0.717) is 18.8 Å². The number of para-hydroxylation sites is 1. The summed E-state index contributed by atoms with van der Waals surface area (Å²) in [5.41, 5.74) is 0.0407. The van der Waals surface area contributed by atoms with Gasteiger partial charge in [0.2, 0.25) is 0 Å². The second-order valence-electron chi connectivity index (χ2n) is 5.00. The molecule has 0 amide bonds. The van der Waals surface area contributed by atoms with Crippen molar-refractivity contribution in [2.75, 3.05) is 6.61 Å². The van der Waals surface area contributed by atoms with Gasteiger partial charge in [0.1, 0.15) is 0 Å². The minimum absolute atomic E-state index is 0.0886. The summed E-state index contributed by atoms with van der Waals surface area (Å²) in [5, 5.41) is 18.8. The van der Waals surface area contributed by atoms with Gasteiger partial charge in [0.25, 0.3) is 0 Å². The summed E-state index contributed by atoms with van der Waals surface area (Å²) in [6, 6.07) is 5.17. The molecule has 0 spiro atoms. The predicted molar refractivity (Wildman–Crippen MR) is 62.2 cm³/mol. The van der Waals surface area contributed by atoms with Gasteiger partial charge in [-0.25, -0.2) is 0 Å². The van der Waals surface area contributed by atoms with Gasteiger partial charge in [-0.1, -0.05) is 12.1 Å². The summed E-state index contributed by atoms with van der Waals surface area (Å²) < 4.78 is 5.49. The third-order valence-electron chi connectivity index (χ3n) is 3.54. The van der Waals surface area contributed by atoms with Crippen molar-refractivity contribution in [1.82, 2.24) is 0 Å². The largest absolute Gasteiger partial charge is 0.504 e. The van der Waals surface area contributed by atoms with Crippen molar-refractivity contribution in [2.24, 2.45) is 11.3 Å². The molecule has 2 rings (SSSR count). The lowest BCUT2D eigenvalue weighted by molar-refractivity contribution is -0.151. The van der Waals surface area contributed by atoms with Crippen molar-refractivity contribution in [3.63, 3.8) is 0 Å². The van der Waals surface area contributed by atoms with E-state index in [9.17, 15) is 15.0 Å². The summed E-state index contributed by atoms with van der Waals surface area (Å²) in [5.74, 6) is -0.303. The molecule has 0 saturated heterocycles. The Morgan fingerprint density at radius 3 is 2.82 bits per heavy atom. The average Bonchev–Trinajstić information content (AvgIpc) is 2.28. The minimum atomic E-state index is -0.830. The highest BCUT2D eigenvalue weighted by Gasteiger charge is 2.39. The number of rotatable bonds is 2. The lowest BCUT2D eigenvalue weighted by Gasteiger charge is -2.34. The molecule has 0 fully saturated rings. The summed E-state index contributed by atoms with van der Waals surface area (Å²) >= 11 is 0. The number of aliphatic carboxylic acids is 1. The van der Waals surface area contributed by atoms with Gasteiger partial charge in [-0.3, -0.25) is 4.79 Å². The van der Waals surface area contributed by atoms with Crippen molar-refractivity contribution >= 4 is 5.97 Å². The predicted octanol–water partition coefficient (Wildman–Crippen LogP) is 2.05. The van der Waals surface area contributed by atoms with Crippen LogP contribution in [0, 0.1) is 11.3 Å². The Morgan fingerprint density at radius 2 is 2.18 bits per heavy atom. The quantitative estimate of drug-likeness (QED) is 0.824. The van der Waals surface area contributed by atoms with Crippen molar-refractivity contribution in [3.8, 4) is 11.5 Å². The zero-order chi connectivity index (χ0) is 12.6. The van der Waals surface area contributed by atoms with Gasteiger partial charge in [-0.05, 0) is 31.9 Å². The number of hydrogen-bond acceptors (Lipinski definition) is 3. The Balaban J connectivity index is 2.28. The van der Waals surface area contributed by atoms with E-state index in [-0.39, 0.29) is 11.7 Å². The minimum Gasteiger partial charge on any atom is -0.504 e. The molecule has 1 aliphatic rings. The summed E-state index contributed by atoms with van der Waals surface area (Å²) in [7, 11) is 0. The normalized spacial score (nSPS) is 19.3. The molecule has 0 bridgehead atoms. The first-order valence-corrected chi connectivity index (χ1v) is 5.60. The molecule has 1 atom stereocenters. The Labute approximate surface area is 99.8 Å². The van der Waals surface area contributed by atoms with Crippen LogP contribution in [0.15, 0.2) is 18.2 Å². The fraction of sp³-hybridized carbons (Fsp3) is 0.462. The summed E-state index contributed by atoms with van der Waals surface area (Å²) in [6.07, 6.45) is 0.614. The number of hydrogen-bond donors (Lipinski definition) is 2. The van der Waals surface area contributed by atoms with E-state index in [1.807, 2.05) is 6.07 Å². The Kier molecular flexibility index (Phi) is 2.73. The van der Waals surface area contributed by atoms with Gasteiger partial charge in [-0.2, -0.15) is 0 Å². The number of phenols is 1. The highest BCUT2D eigenvalue weighted by atomic mass is 16.5. The SMILES string of the molecule is CC(C)(C(=O)O)C1COc2c(O)cccc2C1. The molecule has 1 aromatic rings. The van der Waals surface area contributed by atoms with Crippen LogP contribution < -0.4 is 4.74 Å². The van der Waals surface area contributed by atoms with Gasteiger partial charge in [0, 0.05) is 5.92 Å².